The molecule has 21 heavy (non-hydrogen) atoms. The molecule has 1 aromatic heterocycles. The first-order valence-corrected chi connectivity index (χ1v) is 8.60. The third kappa shape index (κ3) is 4.12. The number of fused-ring (bicyclic) bond motifs is 1. The van der Waals surface area contributed by atoms with Gasteiger partial charge in [-0.05, 0) is 36.2 Å². The Labute approximate surface area is 130 Å². The molecule has 2 nitrogen and oxygen atoms in total. The van der Waals surface area contributed by atoms with Crippen LogP contribution in [0.2, 0.25) is 0 Å². The Morgan fingerprint density at radius 3 is 2.71 bits per heavy atom. The lowest BCUT2D eigenvalue weighted by Crippen LogP contribution is -2.28. The summed E-state index contributed by atoms with van der Waals surface area (Å²) >= 11 is 0. The average molecular weight is 291 g/mol. The lowest BCUT2D eigenvalue weighted by Gasteiger charge is -2.35. The minimum atomic E-state index is -0.284. The molecule has 0 aromatic carbocycles. The van der Waals surface area contributed by atoms with Crippen LogP contribution in [0, 0.1) is 10.8 Å². The van der Waals surface area contributed by atoms with E-state index in [9.17, 15) is 5.11 Å². The van der Waals surface area contributed by atoms with Gasteiger partial charge in [-0.2, -0.15) is 0 Å². The topological polar surface area (TPSA) is 25.2 Å². The van der Waals surface area contributed by atoms with E-state index in [1.54, 1.807) is 0 Å². The standard InChI is InChI=1S/C19H33NO/c1-6-7-8-10-18(2,3)14-20-11-9-15-16(20)12-19(4,5)13-17(15)21/h9,11,17,21H,6-8,10,12-14H2,1-5H3. The van der Waals surface area contributed by atoms with E-state index in [-0.39, 0.29) is 11.5 Å². The van der Waals surface area contributed by atoms with Crippen LogP contribution in [-0.2, 0) is 13.0 Å². The minimum Gasteiger partial charge on any atom is -0.388 e. The molecule has 0 radical (unpaired) electrons. The fraction of sp³-hybridized carbons (Fsp3) is 0.789. The van der Waals surface area contributed by atoms with Crippen LogP contribution in [0.15, 0.2) is 12.3 Å². The number of aliphatic hydroxyl groups is 1. The van der Waals surface area contributed by atoms with Gasteiger partial charge in [0.2, 0.25) is 0 Å². The zero-order valence-corrected chi connectivity index (χ0v) is 14.6. The van der Waals surface area contributed by atoms with Crippen molar-refractivity contribution in [1.29, 1.82) is 0 Å². The highest BCUT2D eigenvalue weighted by Gasteiger charge is 2.33. The second-order valence-corrected chi connectivity index (χ2v) is 8.53. The summed E-state index contributed by atoms with van der Waals surface area (Å²) in [4.78, 5) is 0. The molecular formula is C19H33NO. The average Bonchev–Trinajstić information content (AvgIpc) is 2.70. The van der Waals surface area contributed by atoms with Crippen molar-refractivity contribution in [2.24, 2.45) is 10.8 Å². The summed E-state index contributed by atoms with van der Waals surface area (Å²) in [5.41, 5.74) is 3.06. The second-order valence-electron chi connectivity index (χ2n) is 8.53. The van der Waals surface area contributed by atoms with Crippen LogP contribution < -0.4 is 0 Å². The molecule has 1 aliphatic carbocycles. The monoisotopic (exact) mass is 291 g/mol. The lowest BCUT2D eigenvalue weighted by atomic mass is 9.75. The van der Waals surface area contributed by atoms with E-state index in [0.717, 1.165) is 19.4 Å². The van der Waals surface area contributed by atoms with Gasteiger partial charge in [0.1, 0.15) is 0 Å². The van der Waals surface area contributed by atoms with Gasteiger partial charge < -0.3 is 9.67 Å². The quantitative estimate of drug-likeness (QED) is 0.725. The molecule has 0 aliphatic heterocycles. The minimum absolute atomic E-state index is 0.203. The van der Waals surface area contributed by atoms with Gasteiger partial charge in [-0.1, -0.05) is 53.9 Å². The van der Waals surface area contributed by atoms with Gasteiger partial charge in [-0.25, -0.2) is 0 Å². The number of aliphatic hydroxyl groups excluding tert-OH is 1. The second kappa shape index (κ2) is 6.16. The van der Waals surface area contributed by atoms with Crippen molar-refractivity contribution in [2.45, 2.75) is 85.8 Å². The van der Waals surface area contributed by atoms with Gasteiger partial charge in [0, 0.05) is 24.0 Å². The van der Waals surface area contributed by atoms with Crippen molar-refractivity contribution in [3.63, 3.8) is 0 Å². The Hall–Kier alpha value is -0.760. The van der Waals surface area contributed by atoms with Crippen LogP contribution in [0.3, 0.4) is 0 Å². The summed E-state index contributed by atoms with van der Waals surface area (Å²) < 4.78 is 2.41. The van der Waals surface area contributed by atoms with Crippen LogP contribution in [0.1, 0.15) is 84.1 Å². The van der Waals surface area contributed by atoms with Gasteiger partial charge in [-0.15, -0.1) is 0 Å². The van der Waals surface area contributed by atoms with E-state index in [1.807, 2.05) is 0 Å². The van der Waals surface area contributed by atoms with Gasteiger partial charge in [-0.3, -0.25) is 0 Å². The highest BCUT2D eigenvalue weighted by atomic mass is 16.3. The van der Waals surface area contributed by atoms with E-state index in [4.69, 9.17) is 0 Å². The Bertz CT molecular complexity index is 470. The Morgan fingerprint density at radius 1 is 1.33 bits per heavy atom. The van der Waals surface area contributed by atoms with Crippen molar-refractivity contribution in [1.82, 2.24) is 4.57 Å². The van der Waals surface area contributed by atoms with Crippen molar-refractivity contribution < 1.29 is 5.11 Å². The van der Waals surface area contributed by atoms with Gasteiger partial charge in [0.15, 0.2) is 0 Å². The number of rotatable bonds is 6. The Balaban J connectivity index is 2.12. The van der Waals surface area contributed by atoms with Crippen molar-refractivity contribution in [2.75, 3.05) is 0 Å². The summed E-state index contributed by atoms with van der Waals surface area (Å²) in [7, 11) is 0. The molecule has 0 spiro atoms. The summed E-state index contributed by atoms with van der Waals surface area (Å²) in [6.07, 6.45) is 9.08. The zero-order valence-electron chi connectivity index (χ0n) is 14.6. The fourth-order valence-corrected chi connectivity index (χ4v) is 3.73. The SMILES string of the molecule is CCCCCC(C)(C)Cn1ccc2c1CC(C)(C)CC2O. The lowest BCUT2D eigenvalue weighted by molar-refractivity contribution is 0.0969. The van der Waals surface area contributed by atoms with E-state index in [2.05, 4.69) is 51.4 Å². The van der Waals surface area contributed by atoms with E-state index in [1.165, 1.54) is 36.9 Å². The zero-order chi connectivity index (χ0) is 15.7. The van der Waals surface area contributed by atoms with Crippen LogP contribution in [-0.4, -0.2) is 9.67 Å². The van der Waals surface area contributed by atoms with Crippen LogP contribution in [0.5, 0.6) is 0 Å². The third-order valence-corrected chi connectivity index (χ3v) is 4.92. The largest absolute Gasteiger partial charge is 0.388 e. The maximum absolute atomic E-state index is 10.4. The highest BCUT2D eigenvalue weighted by Crippen LogP contribution is 2.41. The molecule has 120 valence electrons. The molecule has 2 heteroatoms. The third-order valence-electron chi connectivity index (χ3n) is 4.92. The molecule has 0 fully saturated rings. The van der Waals surface area contributed by atoms with Crippen LogP contribution >= 0.6 is 0 Å². The number of hydrogen-bond acceptors (Lipinski definition) is 1. The molecule has 1 aliphatic rings. The molecule has 1 atom stereocenters. The Kier molecular flexibility index (Phi) is 4.87. The van der Waals surface area contributed by atoms with E-state index >= 15 is 0 Å². The van der Waals surface area contributed by atoms with Gasteiger partial charge in [0.05, 0.1) is 6.10 Å². The smallest absolute Gasteiger partial charge is 0.0812 e. The first-order chi connectivity index (χ1) is 9.74. The van der Waals surface area contributed by atoms with E-state index < -0.39 is 0 Å². The predicted molar refractivity (Wildman–Crippen MR) is 89.4 cm³/mol. The van der Waals surface area contributed by atoms with Crippen molar-refractivity contribution in [3.05, 3.63) is 23.5 Å². The number of aromatic nitrogens is 1. The predicted octanol–water partition coefficient (Wildman–Crippen LogP) is 5.10. The molecule has 1 heterocycles. The molecule has 0 saturated carbocycles. The summed E-state index contributed by atoms with van der Waals surface area (Å²) in [5, 5.41) is 10.4. The highest BCUT2D eigenvalue weighted by molar-refractivity contribution is 5.29. The molecule has 0 saturated heterocycles. The number of nitrogens with zero attached hydrogens (tertiary/aromatic N) is 1. The molecule has 0 amide bonds. The van der Waals surface area contributed by atoms with Crippen LogP contribution in [0.4, 0.5) is 0 Å². The Morgan fingerprint density at radius 2 is 2.05 bits per heavy atom. The molecule has 2 rings (SSSR count). The fourth-order valence-electron chi connectivity index (χ4n) is 3.73. The maximum Gasteiger partial charge on any atom is 0.0812 e. The number of hydrogen-bond donors (Lipinski definition) is 1. The molecule has 0 bridgehead atoms. The van der Waals surface area contributed by atoms with Gasteiger partial charge >= 0.3 is 0 Å². The first kappa shape index (κ1) is 16.6. The van der Waals surface area contributed by atoms with E-state index in [0.29, 0.717) is 5.41 Å². The molecule has 1 aromatic rings. The van der Waals surface area contributed by atoms with Gasteiger partial charge in [0.25, 0.3) is 0 Å². The summed E-state index contributed by atoms with van der Waals surface area (Å²) in [6, 6.07) is 2.14. The first-order valence-electron chi connectivity index (χ1n) is 8.60. The molecular weight excluding hydrogens is 258 g/mol. The van der Waals surface area contributed by atoms with Crippen molar-refractivity contribution in [3.8, 4) is 0 Å². The molecule has 1 unspecified atom stereocenters. The normalized spacial score (nSPS) is 21.3. The maximum atomic E-state index is 10.4. The van der Waals surface area contributed by atoms with Crippen LogP contribution in [0.25, 0.3) is 0 Å². The summed E-state index contributed by atoms with van der Waals surface area (Å²) in [5.74, 6) is 0. The summed E-state index contributed by atoms with van der Waals surface area (Å²) in [6.45, 7) is 12.6. The molecule has 1 N–H and O–H groups in total. The van der Waals surface area contributed by atoms with Crippen molar-refractivity contribution >= 4 is 0 Å². The number of unbranched alkanes of at least 4 members (excludes halogenated alkanes) is 2.